The number of rotatable bonds is 5. The molecule has 1 heterocycles. The molecule has 0 saturated heterocycles. The maximum absolute atomic E-state index is 12.8. The van der Waals surface area contributed by atoms with Gasteiger partial charge in [-0.3, -0.25) is 24.7 Å². The second-order valence-electron chi connectivity index (χ2n) is 6.23. The number of benzene rings is 3. The third kappa shape index (κ3) is 3.61. The first kappa shape index (κ1) is 17.5. The highest BCUT2D eigenvalue weighted by Gasteiger charge is 2.14. The van der Waals surface area contributed by atoms with E-state index in [0.717, 1.165) is 11.4 Å². The summed E-state index contributed by atoms with van der Waals surface area (Å²) in [5, 5.41) is 6.39. The van der Waals surface area contributed by atoms with E-state index in [0.29, 0.717) is 10.9 Å². The average Bonchev–Trinajstić information content (AvgIpc) is 2.75. The number of carbonyl (C=O) groups excluding carboxylic acids is 1. The molecule has 1 N–H and O–H groups in total. The Morgan fingerprint density at radius 1 is 0.857 bits per heavy atom. The lowest BCUT2D eigenvalue weighted by Crippen LogP contribution is -2.41. The Labute approximate surface area is 161 Å². The molecule has 28 heavy (non-hydrogen) atoms. The van der Waals surface area contributed by atoms with Gasteiger partial charge in [-0.2, -0.15) is 5.10 Å². The Morgan fingerprint density at radius 2 is 1.43 bits per heavy atom. The van der Waals surface area contributed by atoms with E-state index in [-0.39, 0.29) is 17.9 Å². The van der Waals surface area contributed by atoms with Crippen molar-refractivity contribution in [2.75, 3.05) is 5.01 Å². The van der Waals surface area contributed by atoms with Gasteiger partial charge in [-0.1, -0.05) is 48.5 Å². The quantitative estimate of drug-likeness (QED) is 0.548. The lowest BCUT2D eigenvalue weighted by atomic mass is 10.2. The summed E-state index contributed by atoms with van der Waals surface area (Å²) in [5.41, 5.74) is 5.06. The van der Waals surface area contributed by atoms with Crippen molar-refractivity contribution in [1.82, 2.24) is 15.2 Å². The van der Waals surface area contributed by atoms with E-state index in [1.807, 2.05) is 66.7 Å². The Bertz CT molecular complexity index is 1120. The molecule has 0 spiro atoms. The van der Waals surface area contributed by atoms with E-state index in [9.17, 15) is 9.59 Å². The van der Waals surface area contributed by atoms with Gasteiger partial charge in [-0.25, -0.2) is 0 Å². The van der Waals surface area contributed by atoms with Crippen molar-refractivity contribution in [2.24, 2.45) is 0 Å². The molecule has 0 aliphatic heterocycles. The van der Waals surface area contributed by atoms with Crippen LogP contribution in [-0.4, -0.2) is 15.7 Å². The van der Waals surface area contributed by atoms with Crippen LogP contribution in [0, 0.1) is 0 Å². The molecule has 4 rings (SSSR count). The molecule has 6 heteroatoms. The first-order chi connectivity index (χ1) is 13.7. The van der Waals surface area contributed by atoms with E-state index >= 15 is 0 Å². The number of hydrogen-bond acceptors (Lipinski definition) is 4. The first-order valence-corrected chi connectivity index (χ1v) is 8.87. The average molecular weight is 370 g/mol. The second kappa shape index (κ2) is 7.75. The molecule has 0 fully saturated rings. The van der Waals surface area contributed by atoms with Crippen LogP contribution in [0.15, 0.2) is 95.9 Å². The standard InChI is InChI=1S/C22H18N4O2/c27-21-15-23-25(20-14-8-7-13-19(20)21)16-22(28)24-26(17-9-3-1-4-10-17)18-11-5-2-6-12-18/h1-15H,16H2,(H,24,28). The molecule has 1 aromatic heterocycles. The Kier molecular flexibility index (Phi) is 4.84. The molecule has 0 unspecified atom stereocenters. The molecule has 4 aromatic rings. The van der Waals surface area contributed by atoms with E-state index in [4.69, 9.17) is 0 Å². The normalized spacial score (nSPS) is 10.6. The van der Waals surface area contributed by atoms with Gasteiger partial charge >= 0.3 is 0 Å². The van der Waals surface area contributed by atoms with Gasteiger partial charge in [0.05, 0.1) is 23.1 Å². The summed E-state index contributed by atoms with van der Waals surface area (Å²) in [6.45, 7) is -0.0169. The van der Waals surface area contributed by atoms with Crippen LogP contribution in [0.5, 0.6) is 0 Å². The van der Waals surface area contributed by atoms with Gasteiger partial charge in [0.25, 0.3) is 5.91 Å². The third-order valence-corrected chi connectivity index (χ3v) is 4.32. The van der Waals surface area contributed by atoms with Crippen LogP contribution >= 0.6 is 0 Å². The van der Waals surface area contributed by atoms with Crippen molar-refractivity contribution in [1.29, 1.82) is 0 Å². The minimum absolute atomic E-state index is 0.0169. The maximum Gasteiger partial charge on any atom is 0.260 e. The van der Waals surface area contributed by atoms with Crippen LogP contribution in [0.3, 0.4) is 0 Å². The van der Waals surface area contributed by atoms with Crippen molar-refractivity contribution >= 4 is 28.2 Å². The molecule has 0 aliphatic rings. The van der Waals surface area contributed by atoms with Crippen molar-refractivity contribution in [3.05, 3.63) is 101 Å². The fraction of sp³-hybridized carbons (Fsp3) is 0.0455. The highest BCUT2D eigenvalue weighted by atomic mass is 16.2. The fourth-order valence-corrected chi connectivity index (χ4v) is 3.02. The first-order valence-electron chi connectivity index (χ1n) is 8.87. The molecule has 138 valence electrons. The molecule has 0 aliphatic carbocycles. The highest BCUT2D eigenvalue weighted by Crippen LogP contribution is 2.22. The molecular formula is C22H18N4O2. The predicted molar refractivity (Wildman–Crippen MR) is 109 cm³/mol. The zero-order chi connectivity index (χ0) is 19.3. The van der Waals surface area contributed by atoms with Gasteiger partial charge in [0.1, 0.15) is 6.54 Å². The van der Waals surface area contributed by atoms with E-state index in [1.54, 1.807) is 23.2 Å². The van der Waals surface area contributed by atoms with E-state index in [2.05, 4.69) is 10.5 Å². The highest BCUT2D eigenvalue weighted by molar-refractivity contribution is 5.83. The van der Waals surface area contributed by atoms with Gasteiger partial charge in [-0.05, 0) is 36.4 Å². The number of anilines is 2. The monoisotopic (exact) mass is 370 g/mol. The number of nitrogens with one attached hydrogen (secondary N) is 1. The number of carbonyl (C=O) groups is 1. The second-order valence-corrected chi connectivity index (χ2v) is 6.23. The van der Waals surface area contributed by atoms with Gasteiger partial charge in [0, 0.05) is 5.39 Å². The maximum atomic E-state index is 12.8. The van der Waals surface area contributed by atoms with Crippen LogP contribution < -0.4 is 15.9 Å². The summed E-state index contributed by atoms with van der Waals surface area (Å²) in [6, 6.07) is 26.3. The molecular weight excluding hydrogens is 352 g/mol. The minimum Gasteiger partial charge on any atom is -0.287 e. The van der Waals surface area contributed by atoms with Crippen molar-refractivity contribution in [3.63, 3.8) is 0 Å². The summed E-state index contributed by atoms with van der Waals surface area (Å²) in [4.78, 5) is 24.8. The number of fused-ring (bicyclic) bond motifs is 1. The zero-order valence-electron chi connectivity index (χ0n) is 15.0. The summed E-state index contributed by atoms with van der Waals surface area (Å²) < 4.78 is 1.53. The predicted octanol–water partition coefficient (Wildman–Crippen LogP) is 3.27. The van der Waals surface area contributed by atoms with Crippen LogP contribution in [0.2, 0.25) is 0 Å². The summed E-state index contributed by atoms with van der Waals surface area (Å²) in [6.07, 6.45) is 1.24. The van der Waals surface area contributed by atoms with Crippen LogP contribution in [0.25, 0.3) is 10.9 Å². The number of hydrogen-bond donors (Lipinski definition) is 1. The molecule has 1 amide bonds. The lowest BCUT2D eigenvalue weighted by molar-refractivity contribution is -0.121. The number of amides is 1. The zero-order valence-corrected chi connectivity index (χ0v) is 15.0. The van der Waals surface area contributed by atoms with Crippen LogP contribution in [-0.2, 0) is 11.3 Å². The SMILES string of the molecule is O=C(Cn1ncc(=O)c2ccccc21)NN(c1ccccc1)c1ccccc1. The number of aromatic nitrogens is 2. The molecule has 6 nitrogen and oxygen atoms in total. The molecule has 0 saturated carbocycles. The van der Waals surface area contributed by atoms with Crippen molar-refractivity contribution in [3.8, 4) is 0 Å². The summed E-state index contributed by atoms with van der Waals surface area (Å²) in [7, 11) is 0. The van der Waals surface area contributed by atoms with Crippen molar-refractivity contribution in [2.45, 2.75) is 6.54 Å². The smallest absolute Gasteiger partial charge is 0.260 e. The molecule has 0 atom stereocenters. The van der Waals surface area contributed by atoms with E-state index < -0.39 is 0 Å². The van der Waals surface area contributed by atoms with Gasteiger partial charge in [0.15, 0.2) is 0 Å². The number of nitrogens with zero attached hydrogens (tertiary/aromatic N) is 3. The topological polar surface area (TPSA) is 67.2 Å². The largest absolute Gasteiger partial charge is 0.287 e. The van der Waals surface area contributed by atoms with Crippen LogP contribution in [0.4, 0.5) is 11.4 Å². The van der Waals surface area contributed by atoms with Gasteiger partial charge < -0.3 is 0 Å². The van der Waals surface area contributed by atoms with Gasteiger partial charge in [-0.15, -0.1) is 0 Å². The fourth-order valence-electron chi connectivity index (χ4n) is 3.02. The lowest BCUT2D eigenvalue weighted by Gasteiger charge is -2.25. The van der Waals surface area contributed by atoms with Crippen molar-refractivity contribution < 1.29 is 4.79 Å². The Hall–Kier alpha value is -3.93. The number of para-hydroxylation sites is 3. The number of hydrazine groups is 1. The molecule has 0 bridgehead atoms. The molecule has 3 aromatic carbocycles. The van der Waals surface area contributed by atoms with E-state index in [1.165, 1.54) is 10.9 Å². The summed E-state index contributed by atoms with van der Waals surface area (Å²) in [5.74, 6) is -0.256. The van der Waals surface area contributed by atoms with Gasteiger partial charge in [0.2, 0.25) is 5.43 Å². The molecule has 0 radical (unpaired) electrons. The summed E-state index contributed by atoms with van der Waals surface area (Å²) >= 11 is 0. The minimum atomic E-state index is -0.256. The third-order valence-electron chi connectivity index (χ3n) is 4.32. The Balaban J connectivity index is 1.63. The Morgan fingerprint density at radius 3 is 2.07 bits per heavy atom. The van der Waals surface area contributed by atoms with Crippen LogP contribution in [0.1, 0.15) is 0 Å².